The van der Waals surface area contributed by atoms with Gasteiger partial charge in [0.2, 0.25) is 0 Å². The second kappa shape index (κ2) is 6.57. The van der Waals surface area contributed by atoms with Gasteiger partial charge in [0.05, 0.1) is 20.3 Å². The standard InChI is InChI=1S/C15H20O4/c1-3-4-13(16)11-5-6-14(15(9-11)17-2)19-12-7-8-18-10-12/h5-6,9,12H,3-4,7-8,10H2,1-2H3. The van der Waals surface area contributed by atoms with Gasteiger partial charge in [-0.05, 0) is 24.6 Å². The second-order valence-corrected chi connectivity index (χ2v) is 4.64. The topological polar surface area (TPSA) is 44.8 Å². The molecular weight excluding hydrogens is 244 g/mol. The predicted molar refractivity (Wildman–Crippen MR) is 72.1 cm³/mol. The first-order valence-electron chi connectivity index (χ1n) is 6.70. The Morgan fingerprint density at radius 3 is 2.89 bits per heavy atom. The number of ketones is 1. The molecule has 1 aromatic carbocycles. The third-order valence-corrected chi connectivity index (χ3v) is 3.14. The average molecular weight is 264 g/mol. The Morgan fingerprint density at radius 1 is 1.42 bits per heavy atom. The monoisotopic (exact) mass is 264 g/mol. The molecule has 0 saturated carbocycles. The van der Waals surface area contributed by atoms with Gasteiger partial charge in [-0.15, -0.1) is 0 Å². The van der Waals surface area contributed by atoms with Crippen LogP contribution < -0.4 is 9.47 Å². The van der Waals surface area contributed by atoms with E-state index in [0.717, 1.165) is 19.4 Å². The van der Waals surface area contributed by atoms with Gasteiger partial charge in [-0.3, -0.25) is 4.79 Å². The number of methoxy groups -OCH3 is 1. The maximum atomic E-state index is 11.9. The number of hydrogen-bond donors (Lipinski definition) is 0. The van der Waals surface area contributed by atoms with Crippen molar-refractivity contribution >= 4 is 5.78 Å². The molecule has 0 aliphatic carbocycles. The molecular formula is C15H20O4. The van der Waals surface area contributed by atoms with E-state index in [0.29, 0.717) is 30.1 Å². The first-order chi connectivity index (χ1) is 9.24. The maximum absolute atomic E-state index is 11.9. The lowest BCUT2D eigenvalue weighted by atomic mass is 10.1. The van der Waals surface area contributed by atoms with Crippen molar-refractivity contribution in [3.8, 4) is 11.5 Å². The minimum absolute atomic E-state index is 0.0751. The summed E-state index contributed by atoms with van der Waals surface area (Å²) in [5, 5.41) is 0. The molecule has 4 heteroatoms. The number of carbonyl (C=O) groups excluding carboxylic acids is 1. The smallest absolute Gasteiger partial charge is 0.163 e. The zero-order valence-corrected chi connectivity index (χ0v) is 11.5. The van der Waals surface area contributed by atoms with Crippen molar-refractivity contribution < 1.29 is 19.0 Å². The molecule has 1 unspecified atom stereocenters. The molecule has 1 atom stereocenters. The SMILES string of the molecule is CCCC(=O)c1ccc(OC2CCOC2)c(OC)c1. The molecule has 1 fully saturated rings. The average Bonchev–Trinajstić information content (AvgIpc) is 2.92. The third kappa shape index (κ3) is 3.47. The van der Waals surface area contributed by atoms with Gasteiger partial charge in [-0.2, -0.15) is 0 Å². The maximum Gasteiger partial charge on any atom is 0.163 e. The summed E-state index contributed by atoms with van der Waals surface area (Å²) in [4.78, 5) is 11.9. The number of ether oxygens (including phenoxy) is 3. The van der Waals surface area contributed by atoms with Crippen LogP contribution in [0.2, 0.25) is 0 Å². The van der Waals surface area contributed by atoms with Gasteiger partial charge in [-0.1, -0.05) is 6.92 Å². The fourth-order valence-corrected chi connectivity index (χ4v) is 2.10. The van der Waals surface area contributed by atoms with Gasteiger partial charge in [0.15, 0.2) is 17.3 Å². The Balaban J connectivity index is 2.13. The van der Waals surface area contributed by atoms with Crippen LogP contribution in [0.1, 0.15) is 36.5 Å². The highest BCUT2D eigenvalue weighted by Crippen LogP contribution is 2.30. The van der Waals surface area contributed by atoms with Crippen LogP contribution in [-0.2, 0) is 4.74 Å². The van der Waals surface area contributed by atoms with Crippen LogP contribution in [0.15, 0.2) is 18.2 Å². The van der Waals surface area contributed by atoms with Gasteiger partial charge in [0, 0.05) is 18.4 Å². The normalized spacial score (nSPS) is 18.3. The van der Waals surface area contributed by atoms with Gasteiger partial charge >= 0.3 is 0 Å². The number of rotatable bonds is 6. The molecule has 1 saturated heterocycles. The number of benzene rings is 1. The Labute approximate surface area is 113 Å². The van der Waals surface area contributed by atoms with Gasteiger partial charge < -0.3 is 14.2 Å². The van der Waals surface area contributed by atoms with E-state index in [2.05, 4.69) is 0 Å². The van der Waals surface area contributed by atoms with Gasteiger partial charge in [0.25, 0.3) is 0 Å². The fourth-order valence-electron chi connectivity index (χ4n) is 2.10. The zero-order valence-electron chi connectivity index (χ0n) is 11.5. The third-order valence-electron chi connectivity index (χ3n) is 3.14. The lowest BCUT2D eigenvalue weighted by molar-refractivity contribution is 0.0981. The number of carbonyl (C=O) groups is 1. The van der Waals surface area contributed by atoms with Crippen molar-refractivity contribution in [3.63, 3.8) is 0 Å². The predicted octanol–water partition coefficient (Wildman–Crippen LogP) is 2.85. The molecule has 4 nitrogen and oxygen atoms in total. The Kier molecular flexibility index (Phi) is 4.80. The molecule has 19 heavy (non-hydrogen) atoms. The van der Waals surface area contributed by atoms with Crippen LogP contribution in [0.25, 0.3) is 0 Å². The minimum atomic E-state index is 0.0751. The van der Waals surface area contributed by atoms with Crippen LogP contribution >= 0.6 is 0 Å². The van der Waals surface area contributed by atoms with E-state index in [1.165, 1.54) is 0 Å². The van der Waals surface area contributed by atoms with Crippen LogP contribution in [0.3, 0.4) is 0 Å². The zero-order chi connectivity index (χ0) is 13.7. The van der Waals surface area contributed by atoms with E-state index in [-0.39, 0.29) is 11.9 Å². The van der Waals surface area contributed by atoms with Gasteiger partial charge in [-0.25, -0.2) is 0 Å². The lowest BCUT2D eigenvalue weighted by Gasteiger charge is -2.15. The summed E-state index contributed by atoms with van der Waals surface area (Å²) in [7, 11) is 1.58. The van der Waals surface area contributed by atoms with E-state index in [1.807, 2.05) is 6.92 Å². The summed E-state index contributed by atoms with van der Waals surface area (Å²) in [6, 6.07) is 5.36. The van der Waals surface area contributed by atoms with Crippen LogP contribution in [0.5, 0.6) is 11.5 Å². The number of Topliss-reactive ketones (excluding diaryl/α,β-unsaturated/α-hetero) is 1. The van der Waals surface area contributed by atoms with E-state index in [1.54, 1.807) is 25.3 Å². The van der Waals surface area contributed by atoms with E-state index >= 15 is 0 Å². The number of hydrogen-bond acceptors (Lipinski definition) is 4. The Morgan fingerprint density at radius 2 is 2.26 bits per heavy atom. The molecule has 0 radical (unpaired) electrons. The minimum Gasteiger partial charge on any atom is -0.493 e. The summed E-state index contributed by atoms with van der Waals surface area (Å²) >= 11 is 0. The second-order valence-electron chi connectivity index (χ2n) is 4.64. The largest absolute Gasteiger partial charge is 0.493 e. The van der Waals surface area contributed by atoms with Crippen molar-refractivity contribution in [1.29, 1.82) is 0 Å². The molecule has 1 aliphatic heterocycles. The van der Waals surface area contributed by atoms with Crippen molar-refractivity contribution in [2.24, 2.45) is 0 Å². The molecule has 0 bridgehead atoms. The highest BCUT2D eigenvalue weighted by atomic mass is 16.6. The van der Waals surface area contributed by atoms with E-state index in [4.69, 9.17) is 14.2 Å². The Hall–Kier alpha value is -1.55. The molecule has 0 spiro atoms. The van der Waals surface area contributed by atoms with Crippen LogP contribution in [-0.4, -0.2) is 32.2 Å². The summed E-state index contributed by atoms with van der Waals surface area (Å²) in [6.07, 6.45) is 2.37. The lowest BCUT2D eigenvalue weighted by Crippen LogP contribution is -2.16. The van der Waals surface area contributed by atoms with Crippen LogP contribution in [0, 0.1) is 0 Å². The summed E-state index contributed by atoms with van der Waals surface area (Å²) in [6.45, 7) is 3.34. The van der Waals surface area contributed by atoms with E-state index in [9.17, 15) is 4.79 Å². The van der Waals surface area contributed by atoms with E-state index < -0.39 is 0 Å². The van der Waals surface area contributed by atoms with Crippen molar-refractivity contribution in [2.45, 2.75) is 32.3 Å². The molecule has 0 N–H and O–H groups in total. The first-order valence-corrected chi connectivity index (χ1v) is 6.70. The van der Waals surface area contributed by atoms with Gasteiger partial charge in [0.1, 0.15) is 6.10 Å². The molecule has 104 valence electrons. The van der Waals surface area contributed by atoms with Crippen LogP contribution in [0.4, 0.5) is 0 Å². The van der Waals surface area contributed by atoms with Crippen molar-refractivity contribution in [3.05, 3.63) is 23.8 Å². The highest BCUT2D eigenvalue weighted by Gasteiger charge is 2.19. The fraction of sp³-hybridized carbons (Fsp3) is 0.533. The summed E-state index contributed by atoms with van der Waals surface area (Å²) in [5.74, 6) is 1.41. The molecule has 1 aliphatic rings. The molecule has 2 rings (SSSR count). The van der Waals surface area contributed by atoms with Crippen molar-refractivity contribution in [1.82, 2.24) is 0 Å². The molecule has 0 aromatic heterocycles. The first kappa shape index (κ1) is 13.9. The Bertz CT molecular complexity index is 436. The highest BCUT2D eigenvalue weighted by molar-refractivity contribution is 5.96. The molecule has 0 amide bonds. The molecule has 1 aromatic rings. The summed E-state index contributed by atoms with van der Waals surface area (Å²) in [5.41, 5.74) is 0.675. The summed E-state index contributed by atoms with van der Waals surface area (Å²) < 4.78 is 16.4. The van der Waals surface area contributed by atoms with Crippen molar-refractivity contribution in [2.75, 3.05) is 20.3 Å². The molecule has 1 heterocycles. The quantitative estimate of drug-likeness (QED) is 0.741.